The Morgan fingerprint density at radius 1 is 1.17 bits per heavy atom. The van der Waals surface area contributed by atoms with Crippen LogP contribution in [0.4, 0.5) is 0 Å². The summed E-state index contributed by atoms with van der Waals surface area (Å²) in [6.07, 6.45) is -5.72. The summed E-state index contributed by atoms with van der Waals surface area (Å²) in [5.74, 6) is 0.0167. The quantitative estimate of drug-likeness (QED) is 0.535. The van der Waals surface area contributed by atoms with E-state index in [0.717, 1.165) is 12.8 Å². The van der Waals surface area contributed by atoms with Gasteiger partial charge in [0, 0.05) is 5.41 Å². The van der Waals surface area contributed by atoms with Gasteiger partial charge in [-0.25, -0.2) is 0 Å². The maximum Gasteiger partial charge on any atom is 0.187 e. The molecule has 0 aromatic rings. The molecule has 23 heavy (non-hydrogen) atoms. The van der Waals surface area contributed by atoms with E-state index in [2.05, 4.69) is 13.8 Å². The molecule has 2 saturated carbocycles. The van der Waals surface area contributed by atoms with Crippen LogP contribution < -0.4 is 0 Å². The van der Waals surface area contributed by atoms with Crippen molar-refractivity contribution in [2.75, 3.05) is 6.61 Å². The van der Waals surface area contributed by atoms with Crippen LogP contribution >= 0.6 is 0 Å². The highest BCUT2D eigenvalue weighted by Gasteiger charge is 2.67. The second kappa shape index (κ2) is 5.47. The zero-order chi connectivity index (χ0) is 17.2. The minimum absolute atomic E-state index is 0.00397. The summed E-state index contributed by atoms with van der Waals surface area (Å²) in [5.41, 5.74) is -0.667. The molecule has 132 valence electrons. The third kappa shape index (κ3) is 2.22. The molecule has 0 amide bonds. The van der Waals surface area contributed by atoms with E-state index in [1.807, 2.05) is 6.92 Å². The van der Waals surface area contributed by atoms with E-state index in [-0.39, 0.29) is 17.1 Å². The number of ketones is 1. The van der Waals surface area contributed by atoms with Gasteiger partial charge in [-0.1, -0.05) is 20.8 Å². The molecule has 7 heteroatoms. The number of Topliss-reactive ketones (excluding diaryl/α,β-unsaturated/α-hetero) is 1. The molecule has 1 aliphatic heterocycles. The molecule has 2 bridgehead atoms. The van der Waals surface area contributed by atoms with Crippen molar-refractivity contribution in [3.8, 4) is 0 Å². The minimum Gasteiger partial charge on any atom is -0.394 e. The SMILES string of the molecule is CC1(C)[C@@H]2CC[C@@]1(C)C(=O)[C@@H]2O[C@@H]1O[C@H](CO)[C@@H](O)[C@H](O)[C@H]1O. The lowest BCUT2D eigenvalue weighted by Gasteiger charge is -2.41. The molecule has 7 nitrogen and oxygen atoms in total. The predicted molar refractivity (Wildman–Crippen MR) is 78.3 cm³/mol. The van der Waals surface area contributed by atoms with Crippen LogP contribution in [-0.4, -0.2) is 69.6 Å². The summed E-state index contributed by atoms with van der Waals surface area (Å²) in [5, 5.41) is 38.9. The van der Waals surface area contributed by atoms with Gasteiger partial charge in [0.15, 0.2) is 12.1 Å². The van der Waals surface area contributed by atoms with Crippen molar-refractivity contribution in [1.82, 2.24) is 0 Å². The fourth-order valence-corrected chi connectivity index (χ4v) is 4.48. The van der Waals surface area contributed by atoms with Gasteiger partial charge in [0.05, 0.1) is 6.61 Å². The van der Waals surface area contributed by atoms with Crippen LogP contribution in [0.2, 0.25) is 0 Å². The number of carbonyl (C=O) groups excluding carboxylic acids is 1. The Morgan fingerprint density at radius 3 is 2.35 bits per heavy atom. The van der Waals surface area contributed by atoms with Crippen LogP contribution in [0.3, 0.4) is 0 Å². The molecule has 8 atom stereocenters. The smallest absolute Gasteiger partial charge is 0.187 e. The largest absolute Gasteiger partial charge is 0.394 e. The Labute approximate surface area is 135 Å². The van der Waals surface area contributed by atoms with E-state index in [1.54, 1.807) is 0 Å². The van der Waals surface area contributed by atoms with Crippen LogP contribution in [0.15, 0.2) is 0 Å². The van der Waals surface area contributed by atoms with Gasteiger partial charge in [-0.3, -0.25) is 4.79 Å². The van der Waals surface area contributed by atoms with Crippen molar-refractivity contribution in [2.45, 2.75) is 70.4 Å². The van der Waals surface area contributed by atoms with E-state index >= 15 is 0 Å². The van der Waals surface area contributed by atoms with Crippen molar-refractivity contribution < 1.29 is 34.7 Å². The number of aliphatic hydroxyl groups excluding tert-OH is 4. The van der Waals surface area contributed by atoms with Crippen molar-refractivity contribution >= 4 is 5.78 Å². The maximum atomic E-state index is 12.8. The Kier molecular flexibility index (Phi) is 4.11. The first-order chi connectivity index (χ1) is 10.6. The molecule has 3 fully saturated rings. The fourth-order valence-electron chi connectivity index (χ4n) is 4.48. The minimum atomic E-state index is -1.50. The third-order valence-electron chi connectivity index (χ3n) is 6.60. The molecule has 3 aliphatic rings. The number of carbonyl (C=O) groups is 1. The Morgan fingerprint density at radius 2 is 1.83 bits per heavy atom. The lowest BCUT2D eigenvalue weighted by Crippen LogP contribution is -2.60. The normalized spacial score (nSPS) is 52.1. The molecule has 3 rings (SSSR count). The topological polar surface area (TPSA) is 116 Å². The predicted octanol–water partition coefficient (Wildman–Crippen LogP) is -0.803. The van der Waals surface area contributed by atoms with Crippen molar-refractivity contribution in [1.29, 1.82) is 0 Å². The molecule has 0 spiro atoms. The molecule has 0 aromatic heterocycles. The van der Waals surface area contributed by atoms with Crippen LogP contribution in [0.25, 0.3) is 0 Å². The highest BCUT2D eigenvalue weighted by atomic mass is 16.7. The van der Waals surface area contributed by atoms with E-state index in [4.69, 9.17) is 9.47 Å². The van der Waals surface area contributed by atoms with Gasteiger partial charge in [-0.15, -0.1) is 0 Å². The van der Waals surface area contributed by atoms with Gasteiger partial charge in [0.25, 0.3) is 0 Å². The van der Waals surface area contributed by atoms with E-state index in [1.165, 1.54) is 0 Å². The number of fused-ring (bicyclic) bond motifs is 2. The molecule has 0 radical (unpaired) electrons. The average molecular weight is 330 g/mol. The number of hydrogen-bond donors (Lipinski definition) is 4. The van der Waals surface area contributed by atoms with Gasteiger partial charge in [0.1, 0.15) is 30.5 Å². The van der Waals surface area contributed by atoms with Crippen LogP contribution in [0.1, 0.15) is 33.6 Å². The molecule has 1 saturated heterocycles. The molecule has 1 heterocycles. The Hall–Kier alpha value is -0.570. The average Bonchev–Trinajstić information content (AvgIpc) is 2.81. The van der Waals surface area contributed by atoms with Crippen molar-refractivity contribution in [3.63, 3.8) is 0 Å². The van der Waals surface area contributed by atoms with Crippen molar-refractivity contribution in [3.05, 3.63) is 0 Å². The highest BCUT2D eigenvalue weighted by Crippen LogP contribution is 2.64. The lowest BCUT2D eigenvalue weighted by molar-refractivity contribution is -0.311. The van der Waals surface area contributed by atoms with E-state index in [0.29, 0.717) is 0 Å². The molecule has 0 unspecified atom stereocenters. The van der Waals surface area contributed by atoms with Gasteiger partial charge in [-0.2, -0.15) is 0 Å². The van der Waals surface area contributed by atoms with Crippen LogP contribution in [0.5, 0.6) is 0 Å². The molecule has 2 aliphatic carbocycles. The van der Waals surface area contributed by atoms with Gasteiger partial charge in [-0.05, 0) is 24.2 Å². The molecular formula is C16H26O7. The van der Waals surface area contributed by atoms with Crippen LogP contribution in [-0.2, 0) is 14.3 Å². The summed E-state index contributed by atoms with van der Waals surface area (Å²) in [6.45, 7) is 5.54. The first-order valence-corrected chi connectivity index (χ1v) is 8.15. The maximum absolute atomic E-state index is 12.8. The Balaban J connectivity index is 1.79. The third-order valence-corrected chi connectivity index (χ3v) is 6.60. The molecule has 4 N–H and O–H groups in total. The van der Waals surface area contributed by atoms with E-state index in [9.17, 15) is 25.2 Å². The Bertz CT molecular complexity index is 491. The summed E-state index contributed by atoms with van der Waals surface area (Å²) in [6, 6.07) is 0. The standard InChI is InChI=1S/C16H26O7/c1-15(2)7-4-5-16(15,3)13(21)12(7)23-14-11(20)10(19)9(18)8(6-17)22-14/h7-12,14,17-20H,4-6H2,1-3H3/t7-,8-,9-,10+,11-,12-,14+,16+/m1/s1. The van der Waals surface area contributed by atoms with Gasteiger partial charge >= 0.3 is 0 Å². The summed E-state index contributed by atoms with van der Waals surface area (Å²) in [4.78, 5) is 12.8. The second-order valence-corrected chi connectivity index (χ2v) is 7.82. The number of aliphatic hydroxyl groups is 4. The first kappa shape index (κ1) is 17.3. The number of ether oxygens (including phenoxy) is 2. The zero-order valence-electron chi connectivity index (χ0n) is 13.7. The zero-order valence-corrected chi connectivity index (χ0v) is 13.7. The molecular weight excluding hydrogens is 304 g/mol. The second-order valence-electron chi connectivity index (χ2n) is 7.82. The number of rotatable bonds is 3. The monoisotopic (exact) mass is 330 g/mol. The molecule has 0 aromatic carbocycles. The van der Waals surface area contributed by atoms with Gasteiger partial charge < -0.3 is 29.9 Å². The van der Waals surface area contributed by atoms with Crippen LogP contribution in [0, 0.1) is 16.7 Å². The van der Waals surface area contributed by atoms with Crippen molar-refractivity contribution in [2.24, 2.45) is 16.7 Å². The summed E-state index contributed by atoms with van der Waals surface area (Å²) < 4.78 is 11.1. The summed E-state index contributed by atoms with van der Waals surface area (Å²) >= 11 is 0. The fraction of sp³-hybridized carbons (Fsp3) is 0.938. The summed E-state index contributed by atoms with van der Waals surface area (Å²) in [7, 11) is 0. The van der Waals surface area contributed by atoms with Gasteiger partial charge in [0.2, 0.25) is 0 Å². The highest BCUT2D eigenvalue weighted by molar-refractivity contribution is 5.93. The number of hydrogen-bond acceptors (Lipinski definition) is 7. The first-order valence-electron chi connectivity index (χ1n) is 8.15. The van der Waals surface area contributed by atoms with E-state index < -0.39 is 48.8 Å². The lowest BCUT2D eigenvalue weighted by atomic mass is 9.70.